The van der Waals surface area contributed by atoms with Crippen molar-refractivity contribution in [1.82, 2.24) is 0 Å². The Labute approximate surface area is 437 Å². The summed E-state index contributed by atoms with van der Waals surface area (Å²) in [6, 6.07) is 0. The van der Waals surface area contributed by atoms with E-state index in [9.17, 15) is 14.4 Å². The highest BCUT2D eigenvalue weighted by atomic mass is 16.6. The maximum atomic E-state index is 12.8. The molecular formula is C65H106O6. The Morgan fingerprint density at radius 1 is 0.296 bits per heavy atom. The molecular weight excluding hydrogens is 877 g/mol. The van der Waals surface area contributed by atoms with Crippen molar-refractivity contribution in [2.75, 3.05) is 13.2 Å². The van der Waals surface area contributed by atoms with Gasteiger partial charge in [0.05, 0.1) is 0 Å². The molecule has 0 spiro atoms. The van der Waals surface area contributed by atoms with Crippen molar-refractivity contribution in [3.63, 3.8) is 0 Å². The molecule has 1 unspecified atom stereocenters. The normalized spacial score (nSPS) is 13.0. The number of carbonyl (C=O) groups is 3. The minimum Gasteiger partial charge on any atom is -0.462 e. The number of hydrogen-bond donors (Lipinski definition) is 0. The minimum atomic E-state index is -0.803. The van der Waals surface area contributed by atoms with Gasteiger partial charge < -0.3 is 14.2 Å². The van der Waals surface area contributed by atoms with Crippen LogP contribution in [0, 0.1) is 0 Å². The van der Waals surface area contributed by atoms with E-state index in [-0.39, 0.29) is 37.5 Å². The fourth-order valence-electron chi connectivity index (χ4n) is 7.63. The van der Waals surface area contributed by atoms with Crippen molar-refractivity contribution in [2.45, 2.75) is 258 Å². The second-order valence-corrected chi connectivity index (χ2v) is 18.8. The number of allylic oxidation sites excluding steroid dienone is 20. The number of unbranched alkanes of at least 4 members (excludes halogenated alkanes) is 20. The molecule has 0 aromatic carbocycles. The van der Waals surface area contributed by atoms with Crippen LogP contribution in [0.4, 0.5) is 0 Å². The van der Waals surface area contributed by atoms with Gasteiger partial charge in [-0.15, -0.1) is 0 Å². The zero-order chi connectivity index (χ0) is 51.4. The first-order chi connectivity index (χ1) is 35.0. The Morgan fingerprint density at radius 2 is 0.549 bits per heavy atom. The molecule has 0 amide bonds. The third kappa shape index (κ3) is 56.6. The van der Waals surface area contributed by atoms with Gasteiger partial charge in [-0.3, -0.25) is 14.4 Å². The molecule has 6 nitrogen and oxygen atoms in total. The zero-order valence-electron chi connectivity index (χ0n) is 45.9. The van der Waals surface area contributed by atoms with Gasteiger partial charge in [-0.1, -0.05) is 226 Å². The van der Waals surface area contributed by atoms with Crippen molar-refractivity contribution < 1.29 is 28.6 Å². The molecule has 0 saturated heterocycles. The molecule has 0 saturated carbocycles. The van der Waals surface area contributed by atoms with Gasteiger partial charge in [0.15, 0.2) is 6.10 Å². The van der Waals surface area contributed by atoms with Crippen molar-refractivity contribution in [1.29, 1.82) is 0 Å². The van der Waals surface area contributed by atoms with Crippen LogP contribution in [0.1, 0.15) is 252 Å². The third-order valence-corrected chi connectivity index (χ3v) is 11.9. The fourth-order valence-corrected chi connectivity index (χ4v) is 7.63. The van der Waals surface area contributed by atoms with Crippen LogP contribution in [0.15, 0.2) is 122 Å². The van der Waals surface area contributed by atoms with Crippen LogP contribution in [-0.2, 0) is 28.6 Å². The first kappa shape index (κ1) is 66.8. The second-order valence-electron chi connectivity index (χ2n) is 18.8. The largest absolute Gasteiger partial charge is 0.462 e. The smallest absolute Gasteiger partial charge is 0.306 e. The molecule has 0 aliphatic heterocycles. The van der Waals surface area contributed by atoms with E-state index in [1.54, 1.807) is 0 Å². The van der Waals surface area contributed by atoms with Crippen molar-refractivity contribution in [2.24, 2.45) is 0 Å². The topological polar surface area (TPSA) is 78.9 Å². The van der Waals surface area contributed by atoms with E-state index in [0.717, 1.165) is 141 Å². The maximum Gasteiger partial charge on any atom is 0.306 e. The molecule has 402 valence electrons. The van der Waals surface area contributed by atoms with Crippen LogP contribution < -0.4 is 0 Å². The summed E-state index contributed by atoms with van der Waals surface area (Å²) in [5.74, 6) is -0.948. The van der Waals surface area contributed by atoms with Gasteiger partial charge in [0.2, 0.25) is 0 Å². The van der Waals surface area contributed by atoms with Crippen LogP contribution in [-0.4, -0.2) is 37.2 Å². The number of rotatable bonds is 51. The van der Waals surface area contributed by atoms with Crippen molar-refractivity contribution >= 4 is 17.9 Å². The van der Waals surface area contributed by atoms with Gasteiger partial charge >= 0.3 is 17.9 Å². The predicted molar refractivity (Wildman–Crippen MR) is 306 cm³/mol. The molecule has 1 atom stereocenters. The molecule has 0 aliphatic rings. The summed E-state index contributed by atoms with van der Waals surface area (Å²) < 4.78 is 16.8. The van der Waals surface area contributed by atoms with E-state index in [4.69, 9.17) is 14.2 Å². The van der Waals surface area contributed by atoms with Gasteiger partial charge in [0, 0.05) is 19.3 Å². The SMILES string of the molecule is CC/C=C\C/C=C\C/C=C\C/C=C\C/C=C\C/C=C\CCCCCCCCCCC(=O)OCC(COC(=O)CCCCCCC/C=C\CCCCCC)OC(=O)CCCCC/C=C\C/C=C\C/C=C\CC. The molecule has 0 rings (SSSR count). The standard InChI is InChI=1S/C65H106O6/c1-4-7-10-13-16-19-22-25-26-27-28-29-30-31-32-33-34-35-36-37-38-41-43-46-49-52-55-58-64(67)70-61-62(71-65(68)59-56-53-50-47-44-40-24-21-18-15-12-9-6-3)60-69-63(66)57-54-51-48-45-42-39-23-20-17-14-11-8-5-2/h7,9-10,12,16,18-21,23,25-26,28-29,31-32,34-35,40,44,62H,4-6,8,11,13-15,17,22,24,27,30,33,36-39,41-43,45-61H2,1-3H3/b10-7-,12-9-,19-16-,21-18-,23-20-,26-25-,29-28-,32-31-,35-34-,44-40-. The summed E-state index contributed by atoms with van der Waals surface area (Å²) in [6.07, 6.45) is 80.5. The molecule has 0 N–H and O–H groups in total. The summed E-state index contributed by atoms with van der Waals surface area (Å²) in [5.41, 5.74) is 0. The Bertz CT molecular complexity index is 1500. The van der Waals surface area contributed by atoms with E-state index in [1.807, 2.05) is 0 Å². The van der Waals surface area contributed by atoms with Gasteiger partial charge in [-0.25, -0.2) is 0 Å². The summed E-state index contributed by atoms with van der Waals surface area (Å²) in [4.78, 5) is 38.1. The van der Waals surface area contributed by atoms with E-state index in [1.165, 1.54) is 70.6 Å². The van der Waals surface area contributed by atoms with Crippen LogP contribution in [0.5, 0.6) is 0 Å². The molecule has 0 aliphatic carbocycles. The quantitative estimate of drug-likeness (QED) is 0.0261. The molecule has 0 aromatic heterocycles. The highest BCUT2D eigenvalue weighted by molar-refractivity contribution is 5.71. The summed E-state index contributed by atoms with van der Waals surface area (Å²) in [6.45, 7) is 6.35. The molecule has 0 aromatic rings. The van der Waals surface area contributed by atoms with Crippen LogP contribution in [0.25, 0.3) is 0 Å². The third-order valence-electron chi connectivity index (χ3n) is 11.9. The first-order valence-electron chi connectivity index (χ1n) is 29.0. The first-order valence-corrected chi connectivity index (χ1v) is 29.0. The van der Waals surface area contributed by atoms with E-state index in [0.29, 0.717) is 12.8 Å². The lowest BCUT2D eigenvalue weighted by atomic mass is 10.1. The number of esters is 3. The van der Waals surface area contributed by atoms with E-state index >= 15 is 0 Å². The summed E-state index contributed by atoms with van der Waals surface area (Å²) in [5, 5.41) is 0. The molecule has 6 heteroatoms. The lowest BCUT2D eigenvalue weighted by molar-refractivity contribution is -0.167. The number of hydrogen-bond acceptors (Lipinski definition) is 6. The van der Waals surface area contributed by atoms with E-state index in [2.05, 4.69) is 142 Å². The van der Waals surface area contributed by atoms with Gasteiger partial charge in [0.1, 0.15) is 13.2 Å². The lowest BCUT2D eigenvalue weighted by Gasteiger charge is -2.18. The molecule has 0 heterocycles. The average Bonchev–Trinajstić information content (AvgIpc) is 3.37. The Kier molecular flexibility index (Phi) is 54.9. The fraction of sp³-hybridized carbons (Fsp3) is 0.646. The highest BCUT2D eigenvalue weighted by Gasteiger charge is 2.19. The van der Waals surface area contributed by atoms with Crippen molar-refractivity contribution in [3.8, 4) is 0 Å². The van der Waals surface area contributed by atoms with Gasteiger partial charge in [-0.2, -0.15) is 0 Å². The predicted octanol–water partition coefficient (Wildman–Crippen LogP) is 19.6. The van der Waals surface area contributed by atoms with E-state index < -0.39 is 6.10 Å². The highest BCUT2D eigenvalue weighted by Crippen LogP contribution is 2.14. The summed E-state index contributed by atoms with van der Waals surface area (Å²) in [7, 11) is 0. The Hall–Kier alpha value is -4.19. The Morgan fingerprint density at radius 3 is 0.887 bits per heavy atom. The monoisotopic (exact) mass is 983 g/mol. The Balaban J connectivity index is 4.34. The number of carbonyl (C=O) groups excluding carboxylic acids is 3. The average molecular weight is 984 g/mol. The summed E-state index contributed by atoms with van der Waals surface area (Å²) >= 11 is 0. The van der Waals surface area contributed by atoms with Crippen LogP contribution in [0.3, 0.4) is 0 Å². The number of ether oxygens (including phenoxy) is 3. The molecule has 71 heavy (non-hydrogen) atoms. The molecule has 0 bridgehead atoms. The van der Waals surface area contributed by atoms with Gasteiger partial charge in [-0.05, 0) is 128 Å². The molecule has 0 fully saturated rings. The van der Waals surface area contributed by atoms with Crippen LogP contribution >= 0.6 is 0 Å². The van der Waals surface area contributed by atoms with Gasteiger partial charge in [0.25, 0.3) is 0 Å². The zero-order valence-corrected chi connectivity index (χ0v) is 45.9. The minimum absolute atomic E-state index is 0.0991. The maximum absolute atomic E-state index is 12.8. The molecule has 0 radical (unpaired) electrons. The van der Waals surface area contributed by atoms with Crippen LogP contribution in [0.2, 0.25) is 0 Å². The second kappa shape index (κ2) is 58.4. The van der Waals surface area contributed by atoms with Crippen molar-refractivity contribution in [3.05, 3.63) is 122 Å². The lowest BCUT2D eigenvalue weighted by Crippen LogP contribution is -2.30.